The van der Waals surface area contributed by atoms with Crippen molar-refractivity contribution < 1.29 is 18.4 Å². The van der Waals surface area contributed by atoms with Crippen LogP contribution in [0.2, 0.25) is 0 Å². The van der Waals surface area contributed by atoms with Crippen molar-refractivity contribution >= 4 is 13.4 Å². The maximum absolute atomic E-state index is 12.3. The standard InChI is InChI=1S/C16H27O4P/c1-5-19-21(18,20-6-2)12-16(17)11-14(4)15-9-7-13(3)8-10-15/h7,11,15H,5-6,8-10,12H2,1-4H3/b14-11+. The summed E-state index contributed by atoms with van der Waals surface area (Å²) in [6.07, 6.45) is 6.82. The van der Waals surface area contributed by atoms with E-state index in [4.69, 9.17) is 9.05 Å². The molecular weight excluding hydrogens is 287 g/mol. The lowest BCUT2D eigenvalue weighted by Crippen LogP contribution is -2.11. The van der Waals surface area contributed by atoms with Crippen molar-refractivity contribution in [2.24, 2.45) is 5.92 Å². The minimum Gasteiger partial charge on any atom is -0.309 e. The van der Waals surface area contributed by atoms with E-state index in [2.05, 4.69) is 13.0 Å². The lowest BCUT2D eigenvalue weighted by molar-refractivity contribution is -0.112. The minimum absolute atomic E-state index is 0.173. The van der Waals surface area contributed by atoms with E-state index in [0.29, 0.717) is 5.92 Å². The van der Waals surface area contributed by atoms with Gasteiger partial charge in [0.05, 0.1) is 13.2 Å². The van der Waals surface area contributed by atoms with Crippen LogP contribution < -0.4 is 0 Å². The Balaban J connectivity index is 2.66. The van der Waals surface area contributed by atoms with Crippen LogP contribution >= 0.6 is 7.60 Å². The van der Waals surface area contributed by atoms with Crippen LogP contribution in [-0.2, 0) is 18.4 Å². The molecule has 4 nitrogen and oxygen atoms in total. The van der Waals surface area contributed by atoms with Crippen LogP contribution in [0.4, 0.5) is 0 Å². The number of hydrogen-bond donors (Lipinski definition) is 0. The third kappa shape index (κ3) is 6.29. The highest BCUT2D eigenvalue weighted by Gasteiger charge is 2.27. The summed E-state index contributed by atoms with van der Waals surface area (Å²) in [5, 5.41) is 0. The zero-order chi connectivity index (χ0) is 15.9. The summed E-state index contributed by atoms with van der Waals surface area (Å²) in [5.74, 6) is 0.236. The summed E-state index contributed by atoms with van der Waals surface area (Å²) in [6, 6.07) is 0. The molecule has 0 spiro atoms. The Hall–Kier alpha value is -0.700. The Kier molecular flexibility index (Phi) is 7.58. The molecule has 5 heteroatoms. The van der Waals surface area contributed by atoms with Crippen molar-refractivity contribution in [3.8, 4) is 0 Å². The van der Waals surface area contributed by atoms with E-state index in [0.717, 1.165) is 24.8 Å². The topological polar surface area (TPSA) is 52.6 Å². The van der Waals surface area contributed by atoms with Crippen molar-refractivity contribution in [2.75, 3.05) is 19.4 Å². The fraction of sp³-hybridized carbons (Fsp3) is 0.688. The summed E-state index contributed by atoms with van der Waals surface area (Å²) >= 11 is 0. The molecule has 0 N–H and O–H groups in total. The van der Waals surface area contributed by atoms with Gasteiger partial charge in [-0.1, -0.05) is 17.2 Å². The zero-order valence-electron chi connectivity index (χ0n) is 13.6. The second-order valence-corrected chi connectivity index (χ2v) is 7.54. The molecule has 0 saturated heterocycles. The lowest BCUT2D eigenvalue weighted by Gasteiger charge is -2.21. The number of carbonyl (C=O) groups is 1. The molecular formula is C16H27O4P. The third-order valence-electron chi connectivity index (χ3n) is 3.67. The minimum atomic E-state index is -3.29. The highest BCUT2D eigenvalue weighted by molar-refractivity contribution is 7.54. The quantitative estimate of drug-likeness (QED) is 0.376. The number of rotatable bonds is 8. The normalized spacial score (nSPS) is 20.3. The van der Waals surface area contributed by atoms with E-state index in [1.807, 2.05) is 6.92 Å². The molecule has 1 aliphatic rings. The predicted molar refractivity (Wildman–Crippen MR) is 85.6 cm³/mol. The second-order valence-electron chi connectivity index (χ2n) is 5.48. The first-order valence-electron chi connectivity index (χ1n) is 7.65. The maximum atomic E-state index is 12.3. The van der Waals surface area contributed by atoms with E-state index in [9.17, 15) is 9.36 Å². The lowest BCUT2D eigenvalue weighted by atomic mass is 9.85. The van der Waals surface area contributed by atoms with Gasteiger partial charge in [-0.25, -0.2) is 0 Å². The van der Waals surface area contributed by atoms with Gasteiger partial charge in [-0.05, 0) is 59.0 Å². The largest absolute Gasteiger partial charge is 0.338 e. The van der Waals surface area contributed by atoms with Crippen molar-refractivity contribution in [2.45, 2.75) is 47.0 Å². The molecule has 0 heterocycles. The molecule has 1 rings (SSSR count). The van der Waals surface area contributed by atoms with Crippen LogP contribution in [0.25, 0.3) is 0 Å². The van der Waals surface area contributed by atoms with E-state index in [-0.39, 0.29) is 25.2 Å². The monoisotopic (exact) mass is 314 g/mol. The van der Waals surface area contributed by atoms with E-state index < -0.39 is 7.60 Å². The van der Waals surface area contributed by atoms with Gasteiger partial charge in [0.2, 0.25) is 0 Å². The molecule has 0 aromatic rings. The Morgan fingerprint density at radius 2 is 2.00 bits per heavy atom. The Morgan fingerprint density at radius 1 is 1.38 bits per heavy atom. The van der Waals surface area contributed by atoms with Crippen LogP contribution in [0.1, 0.15) is 47.0 Å². The van der Waals surface area contributed by atoms with Gasteiger partial charge in [0.1, 0.15) is 6.16 Å². The molecule has 0 aromatic carbocycles. The highest BCUT2D eigenvalue weighted by Crippen LogP contribution is 2.48. The van der Waals surface area contributed by atoms with Gasteiger partial charge in [-0.15, -0.1) is 0 Å². The first-order valence-corrected chi connectivity index (χ1v) is 9.37. The molecule has 0 amide bonds. The second kappa shape index (κ2) is 8.67. The van der Waals surface area contributed by atoms with E-state index >= 15 is 0 Å². The summed E-state index contributed by atoms with van der Waals surface area (Å²) in [6.45, 7) is 8.16. The predicted octanol–water partition coefficient (Wildman–Crippen LogP) is 4.51. The number of hydrogen-bond acceptors (Lipinski definition) is 4. The van der Waals surface area contributed by atoms with Crippen LogP contribution in [0.3, 0.4) is 0 Å². The third-order valence-corrected chi connectivity index (χ3v) is 5.67. The van der Waals surface area contributed by atoms with Crippen LogP contribution in [0, 0.1) is 5.92 Å². The Labute approximate surface area is 128 Å². The average molecular weight is 314 g/mol. The van der Waals surface area contributed by atoms with Crippen molar-refractivity contribution in [3.63, 3.8) is 0 Å². The molecule has 1 aliphatic carbocycles. The highest BCUT2D eigenvalue weighted by atomic mass is 31.2. The van der Waals surface area contributed by atoms with Gasteiger partial charge in [-0.3, -0.25) is 9.36 Å². The summed E-state index contributed by atoms with van der Waals surface area (Å²) in [4.78, 5) is 12.1. The van der Waals surface area contributed by atoms with E-state index in [1.54, 1.807) is 19.9 Å². The average Bonchev–Trinajstić information content (AvgIpc) is 2.39. The molecule has 0 saturated carbocycles. The van der Waals surface area contributed by atoms with Crippen LogP contribution in [0.5, 0.6) is 0 Å². The van der Waals surface area contributed by atoms with Gasteiger partial charge in [0.15, 0.2) is 5.78 Å². The first-order chi connectivity index (χ1) is 9.90. The van der Waals surface area contributed by atoms with Gasteiger partial charge < -0.3 is 9.05 Å². The van der Waals surface area contributed by atoms with Crippen LogP contribution in [0.15, 0.2) is 23.3 Å². The van der Waals surface area contributed by atoms with Gasteiger partial charge in [-0.2, -0.15) is 0 Å². The maximum Gasteiger partial charge on any atom is 0.338 e. The fourth-order valence-corrected chi connectivity index (χ4v) is 4.03. The molecule has 1 unspecified atom stereocenters. The van der Waals surface area contributed by atoms with Crippen LogP contribution in [-0.4, -0.2) is 25.2 Å². The molecule has 1 atom stereocenters. The Morgan fingerprint density at radius 3 is 2.48 bits per heavy atom. The molecule has 0 radical (unpaired) electrons. The molecule has 120 valence electrons. The number of carbonyl (C=O) groups excluding carboxylic acids is 1. The van der Waals surface area contributed by atoms with E-state index in [1.165, 1.54) is 5.57 Å². The molecule has 0 aromatic heterocycles. The molecule has 0 bridgehead atoms. The van der Waals surface area contributed by atoms with Gasteiger partial charge in [0, 0.05) is 0 Å². The molecule has 21 heavy (non-hydrogen) atoms. The number of ketones is 1. The fourth-order valence-electron chi connectivity index (χ4n) is 2.51. The Bertz CT molecular complexity index is 455. The SMILES string of the molecule is CCOP(=O)(CC(=O)/C=C(\C)C1CC=C(C)CC1)OCC. The van der Waals surface area contributed by atoms with Crippen molar-refractivity contribution in [3.05, 3.63) is 23.3 Å². The first kappa shape index (κ1) is 18.3. The summed E-state index contributed by atoms with van der Waals surface area (Å²) < 4.78 is 22.6. The smallest absolute Gasteiger partial charge is 0.309 e. The molecule has 0 fully saturated rings. The summed E-state index contributed by atoms with van der Waals surface area (Å²) in [7, 11) is -3.29. The van der Waals surface area contributed by atoms with Crippen molar-refractivity contribution in [1.82, 2.24) is 0 Å². The number of allylic oxidation sites excluding steroid dienone is 4. The zero-order valence-corrected chi connectivity index (χ0v) is 14.4. The van der Waals surface area contributed by atoms with Crippen molar-refractivity contribution in [1.29, 1.82) is 0 Å². The van der Waals surface area contributed by atoms with Gasteiger partial charge in [0.25, 0.3) is 0 Å². The van der Waals surface area contributed by atoms with Gasteiger partial charge >= 0.3 is 7.60 Å². The summed E-state index contributed by atoms with van der Waals surface area (Å²) in [5.41, 5.74) is 2.48. The molecule has 0 aliphatic heterocycles.